The zero-order valence-electron chi connectivity index (χ0n) is 15.6. The molecule has 0 aliphatic carbocycles. The Balaban J connectivity index is 2.54. The second-order valence-electron chi connectivity index (χ2n) is 5.93. The van der Waals surface area contributed by atoms with E-state index in [9.17, 15) is 32.3 Å². The number of carbonyl (C=O) groups is 4. The molecule has 3 N–H and O–H groups in total. The van der Waals surface area contributed by atoms with E-state index in [2.05, 4.69) is 5.32 Å². The zero-order chi connectivity index (χ0) is 22.0. The fraction of sp³-hybridized carbons (Fsp3) is 0.412. The van der Waals surface area contributed by atoms with Crippen molar-refractivity contribution in [3.05, 3.63) is 29.8 Å². The number of rotatable bonds is 8. The molecule has 0 atom stereocenters. The molecule has 0 heterocycles. The van der Waals surface area contributed by atoms with Crippen LogP contribution in [0.1, 0.15) is 24.2 Å². The Morgan fingerprint density at radius 3 is 2.38 bits per heavy atom. The van der Waals surface area contributed by atoms with E-state index in [1.807, 2.05) is 13.8 Å². The highest BCUT2D eigenvalue weighted by Gasteiger charge is 2.28. The monoisotopic (exact) mass is 435 g/mol. The third-order valence-corrected chi connectivity index (χ3v) is 4.03. The zero-order valence-corrected chi connectivity index (χ0v) is 16.4. The van der Waals surface area contributed by atoms with Gasteiger partial charge in [-0.15, -0.1) is 11.8 Å². The Morgan fingerprint density at radius 1 is 1.10 bits per heavy atom. The molecule has 4 amide bonds. The highest BCUT2D eigenvalue weighted by Crippen LogP contribution is 2.23. The number of esters is 1. The van der Waals surface area contributed by atoms with E-state index < -0.39 is 37.2 Å². The normalized spacial score (nSPS) is 11.0. The number of hydrogen-bond donors (Lipinski definition) is 3. The van der Waals surface area contributed by atoms with E-state index in [4.69, 9.17) is 4.74 Å². The summed E-state index contributed by atoms with van der Waals surface area (Å²) in [6.07, 6.45) is -4.62. The van der Waals surface area contributed by atoms with E-state index in [1.54, 1.807) is 23.5 Å². The standard InChI is InChI=1S/C17H20F3N3O5S/c1-10(2)22-14(25)8-29-12-6-4-3-5-11(12)15(26)28-7-13(24)23-16(27)21-9-17(18,19)20/h3-6,10H,7-9H2,1-2H3,(H,22,25)(H2,21,23,24,27). The van der Waals surface area contributed by atoms with E-state index in [-0.39, 0.29) is 23.3 Å². The van der Waals surface area contributed by atoms with Crippen LogP contribution >= 0.6 is 11.8 Å². The molecule has 29 heavy (non-hydrogen) atoms. The Hall–Kier alpha value is -2.76. The van der Waals surface area contributed by atoms with Gasteiger partial charge in [0.1, 0.15) is 6.54 Å². The fourth-order valence-corrected chi connectivity index (χ4v) is 2.72. The number of thioether (sulfide) groups is 1. The second-order valence-corrected chi connectivity index (χ2v) is 6.95. The predicted octanol–water partition coefficient (Wildman–Crippen LogP) is 1.85. The van der Waals surface area contributed by atoms with Crippen molar-refractivity contribution >= 4 is 35.6 Å². The van der Waals surface area contributed by atoms with Crippen LogP contribution in [0.5, 0.6) is 0 Å². The Kier molecular flexibility index (Phi) is 9.45. The van der Waals surface area contributed by atoms with Crippen LogP contribution in [0.15, 0.2) is 29.2 Å². The maximum Gasteiger partial charge on any atom is 0.405 e. The average Bonchev–Trinajstić information content (AvgIpc) is 2.62. The Labute approximate surface area is 168 Å². The van der Waals surface area contributed by atoms with Crippen LogP contribution in [0, 0.1) is 0 Å². The highest BCUT2D eigenvalue weighted by molar-refractivity contribution is 8.00. The molecule has 0 unspecified atom stereocenters. The van der Waals surface area contributed by atoms with Crippen LogP contribution in [-0.2, 0) is 14.3 Å². The summed E-state index contributed by atoms with van der Waals surface area (Å²) < 4.78 is 40.7. The lowest BCUT2D eigenvalue weighted by Gasteiger charge is -2.11. The SMILES string of the molecule is CC(C)NC(=O)CSc1ccccc1C(=O)OCC(=O)NC(=O)NCC(F)(F)F. The van der Waals surface area contributed by atoms with Crippen molar-refractivity contribution in [1.82, 2.24) is 16.0 Å². The molecule has 0 aliphatic heterocycles. The number of imide groups is 1. The lowest BCUT2D eigenvalue weighted by atomic mass is 10.2. The largest absolute Gasteiger partial charge is 0.452 e. The van der Waals surface area contributed by atoms with Gasteiger partial charge in [0.25, 0.3) is 5.91 Å². The van der Waals surface area contributed by atoms with E-state index >= 15 is 0 Å². The number of urea groups is 1. The number of alkyl halides is 3. The van der Waals surface area contributed by atoms with E-state index in [1.165, 1.54) is 11.4 Å². The third-order valence-electron chi connectivity index (χ3n) is 2.95. The van der Waals surface area contributed by atoms with Crippen molar-refractivity contribution in [2.75, 3.05) is 18.9 Å². The first kappa shape index (κ1) is 24.3. The molecular weight excluding hydrogens is 415 g/mol. The number of ether oxygens (including phenoxy) is 1. The molecule has 0 radical (unpaired) electrons. The van der Waals surface area contributed by atoms with E-state index in [0.717, 1.165) is 11.8 Å². The lowest BCUT2D eigenvalue weighted by molar-refractivity contribution is -0.125. The molecular formula is C17H20F3N3O5S. The number of hydrogen-bond acceptors (Lipinski definition) is 6. The van der Waals surface area contributed by atoms with Gasteiger partial charge in [-0.2, -0.15) is 13.2 Å². The van der Waals surface area contributed by atoms with Crippen molar-refractivity contribution in [3.63, 3.8) is 0 Å². The summed E-state index contributed by atoms with van der Waals surface area (Å²) in [5.74, 6) is -2.15. The van der Waals surface area contributed by atoms with Crippen LogP contribution in [0.2, 0.25) is 0 Å². The first-order valence-corrected chi connectivity index (χ1v) is 9.29. The highest BCUT2D eigenvalue weighted by atomic mass is 32.2. The van der Waals surface area contributed by atoms with Crippen molar-refractivity contribution in [2.24, 2.45) is 0 Å². The molecule has 0 aromatic heterocycles. The smallest absolute Gasteiger partial charge is 0.405 e. The van der Waals surface area contributed by atoms with Crippen molar-refractivity contribution < 1.29 is 37.1 Å². The maximum atomic E-state index is 12.2. The van der Waals surface area contributed by atoms with Gasteiger partial charge >= 0.3 is 18.2 Å². The average molecular weight is 435 g/mol. The minimum Gasteiger partial charge on any atom is -0.452 e. The molecule has 8 nitrogen and oxygen atoms in total. The number of nitrogens with one attached hydrogen (secondary N) is 3. The molecule has 1 rings (SSSR count). The molecule has 160 valence electrons. The molecule has 12 heteroatoms. The van der Waals surface area contributed by atoms with Crippen molar-refractivity contribution in [2.45, 2.75) is 31.0 Å². The quantitative estimate of drug-likeness (QED) is 0.424. The van der Waals surface area contributed by atoms with Crippen LogP contribution in [0.25, 0.3) is 0 Å². The minimum atomic E-state index is -4.62. The van der Waals surface area contributed by atoms with Gasteiger partial charge in [0, 0.05) is 10.9 Å². The number of halogens is 3. The van der Waals surface area contributed by atoms with Gasteiger partial charge in [0.15, 0.2) is 6.61 Å². The van der Waals surface area contributed by atoms with Gasteiger partial charge in [-0.3, -0.25) is 14.9 Å². The van der Waals surface area contributed by atoms with Gasteiger partial charge in [-0.05, 0) is 26.0 Å². The van der Waals surface area contributed by atoms with Crippen molar-refractivity contribution in [1.29, 1.82) is 0 Å². The number of benzene rings is 1. The number of amides is 4. The molecule has 0 aliphatic rings. The van der Waals surface area contributed by atoms with Gasteiger partial charge in [-0.25, -0.2) is 9.59 Å². The summed E-state index contributed by atoms with van der Waals surface area (Å²) >= 11 is 1.10. The van der Waals surface area contributed by atoms with Crippen molar-refractivity contribution in [3.8, 4) is 0 Å². The second kappa shape index (κ2) is 11.3. The summed E-state index contributed by atoms with van der Waals surface area (Å²) in [6, 6.07) is 4.83. The van der Waals surface area contributed by atoms with Gasteiger partial charge in [-0.1, -0.05) is 12.1 Å². The molecule has 0 spiro atoms. The summed E-state index contributed by atoms with van der Waals surface area (Å²) in [7, 11) is 0. The molecule has 1 aromatic rings. The van der Waals surface area contributed by atoms with Gasteiger partial charge in [0.2, 0.25) is 5.91 Å². The molecule has 0 saturated heterocycles. The first-order chi connectivity index (χ1) is 13.5. The molecule has 0 saturated carbocycles. The van der Waals surface area contributed by atoms with Crippen LogP contribution < -0.4 is 16.0 Å². The summed E-state index contributed by atoms with van der Waals surface area (Å²) in [5.41, 5.74) is 0.101. The Morgan fingerprint density at radius 2 is 1.76 bits per heavy atom. The Bertz CT molecular complexity index is 756. The molecule has 0 bridgehead atoms. The molecule has 0 fully saturated rings. The summed E-state index contributed by atoms with van der Waals surface area (Å²) in [6.45, 7) is 1.14. The molecule has 1 aromatic carbocycles. The van der Waals surface area contributed by atoms with Gasteiger partial charge in [0.05, 0.1) is 11.3 Å². The van der Waals surface area contributed by atoms with Crippen LogP contribution in [0.4, 0.5) is 18.0 Å². The summed E-state index contributed by atoms with van der Waals surface area (Å²) in [4.78, 5) is 47.0. The third kappa shape index (κ3) is 10.4. The topological polar surface area (TPSA) is 114 Å². The maximum absolute atomic E-state index is 12.2. The lowest BCUT2D eigenvalue weighted by Crippen LogP contribution is -2.44. The van der Waals surface area contributed by atoms with Crippen LogP contribution in [0.3, 0.4) is 0 Å². The first-order valence-electron chi connectivity index (χ1n) is 8.30. The van der Waals surface area contributed by atoms with Gasteiger partial charge < -0.3 is 15.4 Å². The summed E-state index contributed by atoms with van der Waals surface area (Å²) in [5, 5.41) is 5.76. The van der Waals surface area contributed by atoms with E-state index in [0.29, 0.717) is 4.90 Å². The van der Waals surface area contributed by atoms with Crippen LogP contribution in [-0.4, -0.2) is 54.9 Å². The minimum absolute atomic E-state index is 0.0323. The number of carbonyl (C=O) groups excluding carboxylic acids is 4. The predicted molar refractivity (Wildman–Crippen MR) is 98.3 cm³/mol. The fourth-order valence-electron chi connectivity index (χ4n) is 1.86.